The van der Waals surface area contributed by atoms with Gasteiger partial charge in [-0.1, -0.05) is 6.92 Å². The number of fused-ring (bicyclic) bond motifs is 1. The average Bonchev–Trinajstić information content (AvgIpc) is 3.09. The predicted molar refractivity (Wildman–Crippen MR) is 96.7 cm³/mol. The van der Waals surface area contributed by atoms with E-state index in [2.05, 4.69) is 5.32 Å². The Kier molecular flexibility index (Phi) is 5.24. The molecule has 3 N–H and O–H groups in total. The highest BCUT2D eigenvalue weighted by atomic mass is 32.2. The van der Waals surface area contributed by atoms with Crippen molar-refractivity contribution >= 4 is 29.5 Å². The molecule has 0 aromatic heterocycles. The minimum atomic E-state index is -0.999. The van der Waals surface area contributed by atoms with Crippen LogP contribution in [0.1, 0.15) is 20.3 Å². The molecule has 9 heteroatoms. The quantitative estimate of drug-likeness (QED) is 0.533. The third kappa shape index (κ3) is 2.99. The van der Waals surface area contributed by atoms with Gasteiger partial charge in [0.25, 0.3) is 0 Å². The van der Waals surface area contributed by atoms with E-state index in [9.17, 15) is 24.6 Å². The Balaban J connectivity index is 1.72. The Hall–Kier alpha value is -1.32. The van der Waals surface area contributed by atoms with Crippen LogP contribution in [0.3, 0.4) is 0 Å². The minimum absolute atomic E-state index is 0.0236. The number of nitrogens with zero attached hydrogens (tertiary/aromatic N) is 2. The fourth-order valence-electron chi connectivity index (χ4n) is 4.58. The minimum Gasteiger partial charge on any atom is -0.480 e. The zero-order chi connectivity index (χ0) is 19.3. The molecule has 3 aliphatic heterocycles. The molecule has 3 heterocycles. The molecule has 0 spiro atoms. The summed E-state index contributed by atoms with van der Waals surface area (Å²) >= 11 is 1.57. The Morgan fingerprint density at radius 3 is 2.58 bits per heavy atom. The van der Waals surface area contributed by atoms with Crippen molar-refractivity contribution in [3.8, 4) is 0 Å². The second-order valence-electron chi connectivity index (χ2n) is 7.80. The second kappa shape index (κ2) is 7.01. The van der Waals surface area contributed by atoms with Crippen molar-refractivity contribution in [2.45, 2.75) is 55.0 Å². The van der Waals surface area contributed by atoms with Crippen molar-refractivity contribution in [1.82, 2.24) is 15.1 Å². The monoisotopic (exact) mass is 385 g/mol. The molecule has 0 saturated carbocycles. The van der Waals surface area contributed by atoms with Gasteiger partial charge in [0.15, 0.2) is 0 Å². The number of carbonyl (C=O) groups is 3. The maximum Gasteiger partial charge on any atom is 0.327 e. The summed E-state index contributed by atoms with van der Waals surface area (Å²) in [4.78, 5) is 39.4. The molecule has 8 nitrogen and oxygen atoms in total. The lowest BCUT2D eigenvalue weighted by Crippen LogP contribution is -2.65. The van der Waals surface area contributed by atoms with Crippen molar-refractivity contribution < 1.29 is 24.6 Å². The number of likely N-dealkylation sites (N-methyl/N-ethyl adjacent to an activating group) is 1. The number of hydrogen-bond acceptors (Lipinski definition) is 6. The van der Waals surface area contributed by atoms with E-state index in [0.717, 1.165) is 0 Å². The highest BCUT2D eigenvalue weighted by Crippen LogP contribution is 2.50. The van der Waals surface area contributed by atoms with Gasteiger partial charge in [0, 0.05) is 31.1 Å². The van der Waals surface area contributed by atoms with Gasteiger partial charge in [0.1, 0.15) is 6.04 Å². The van der Waals surface area contributed by atoms with Gasteiger partial charge in [0.2, 0.25) is 11.8 Å². The number of aliphatic hydroxyl groups excluding tert-OH is 1. The molecule has 3 unspecified atom stereocenters. The van der Waals surface area contributed by atoms with Crippen LogP contribution in [0.5, 0.6) is 0 Å². The first-order valence-electron chi connectivity index (χ1n) is 8.98. The first-order valence-corrected chi connectivity index (χ1v) is 9.92. The van der Waals surface area contributed by atoms with E-state index in [1.807, 2.05) is 6.92 Å². The summed E-state index contributed by atoms with van der Waals surface area (Å²) in [5.41, 5.74) is 0. The fraction of sp³-hybridized carbons (Fsp3) is 0.824. The van der Waals surface area contributed by atoms with Gasteiger partial charge < -0.3 is 25.3 Å². The lowest BCUT2D eigenvalue weighted by molar-refractivity contribution is -0.170. The normalized spacial score (nSPS) is 40.1. The van der Waals surface area contributed by atoms with Crippen molar-refractivity contribution in [2.24, 2.45) is 11.8 Å². The van der Waals surface area contributed by atoms with Crippen molar-refractivity contribution in [2.75, 3.05) is 20.6 Å². The lowest BCUT2D eigenvalue weighted by Gasteiger charge is -2.47. The Bertz CT molecular complexity index is 613. The van der Waals surface area contributed by atoms with Crippen LogP contribution >= 0.6 is 11.8 Å². The number of aliphatic hydroxyl groups is 1. The van der Waals surface area contributed by atoms with Gasteiger partial charge in [-0.3, -0.25) is 9.59 Å². The molecule has 3 saturated heterocycles. The first kappa shape index (κ1) is 19.4. The number of carbonyl (C=O) groups excluding carboxylic acids is 2. The topological polar surface area (TPSA) is 110 Å². The van der Waals surface area contributed by atoms with Gasteiger partial charge >= 0.3 is 5.97 Å². The van der Waals surface area contributed by atoms with Crippen LogP contribution < -0.4 is 5.32 Å². The summed E-state index contributed by atoms with van der Waals surface area (Å²) in [5.74, 6) is -1.78. The molecule has 0 aromatic carbocycles. The second-order valence-corrected chi connectivity index (χ2v) is 9.28. The van der Waals surface area contributed by atoms with Gasteiger partial charge in [-0.2, -0.15) is 11.8 Å². The molecule has 0 radical (unpaired) electrons. The van der Waals surface area contributed by atoms with Gasteiger partial charge in [0.05, 0.1) is 24.1 Å². The third-order valence-corrected chi connectivity index (χ3v) is 7.59. The van der Waals surface area contributed by atoms with Crippen LogP contribution in [0.25, 0.3) is 0 Å². The molecule has 0 bridgehead atoms. The van der Waals surface area contributed by atoms with E-state index in [1.165, 1.54) is 4.90 Å². The number of rotatable bonds is 5. The van der Waals surface area contributed by atoms with Gasteiger partial charge in [-0.25, -0.2) is 4.79 Å². The molecule has 26 heavy (non-hydrogen) atoms. The van der Waals surface area contributed by atoms with Crippen LogP contribution in [-0.2, 0) is 14.4 Å². The average molecular weight is 385 g/mol. The van der Waals surface area contributed by atoms with E-state index >= 15 is 0 Å². The number of β-lactam (4-membered cyclic amide) rings is 1. The summed E-state index contributed by atoms with van der Waals surface area (Å²) < 4.78 is 0. The Labute approximate surface area is 157 Å². The maximum atomic E-state index is 12.4. The van der Waals surface area contributed by atoms with E-state index in [4.69, 9.17) is 0 Å². The highest BCUT2D eigenvalue weighted by molar-refractivity contribution is 8.00. The van der Waals surface area contributed by atoms with Crippen LogP contribution in [-0.4, -0.2) is 93.2 Å². The van der Waals surface area contributed by atoms with Crippen molar-refractivity contribution in [1.29, 1.82) is 0 Å². The summed E-state index contributed by atoms with van der Waals surface area (Å²) in [6.07, 6.45) is -0.130. The summed E-state index contributed by atoms with van der Waals surface area (Å²) in [6, 6.07) is -1.34. The molecule has 146 valence electrons. The predicted octanol–water partition coefficient (Wildman–Crippen LogP) is -0.782. The van der Waals surface area contributed by atoms with Crippen LogP contribution in [0.2, 0.25) is 0 Å². The molecule has 3 fully saturated rings. The highest BCUT2D eigenvalue weighted by Gasteiger charge is 2.64. The Morgan fingerprint density at radius 2 is 2.04 bits per heavy atom. The molecule has 0 aromatic rings. The smallest absolute Gasteiger partial charge is 0.327 e. The number of carboxylic acids is 1. The summed E-state index contributed by atoms with van der Waals surface area (Å²) in [5, 5.41) is 22.7. The molecular formula is C17H27N3O5S. The fourth-order valence-corrected chi connectivity index (χ4v) is 6.32. The first-order chi connectivity index (χ1) is 12.1. The van der Waals surface area contributed by atoms with Crippen LogP contribution in [0, 0.1) is 11.8 Å². The largest absolute Gasteiger partial charge is 0.480 e. The number of nitrogens with one attached hydrogen (secondary N) is 1. The maximum absolute atomic E-state index is 12.4. The number of carboxylic acid groups (broad SMARTS) is 1. The third-order valence-electron chi connectivity index (χ3n) is 5.85. The van der Waals surface area contributed by atoms with E-state index in [0.29, 0.717) is 13.0 Å². The molecule has 3 aliphatic rings. The molecule has 3 rings (SSSR count). The van der Waals surface area contributed by atoms with Crippen molar-refractivity contribution in [3.05, 3.63) is 0 Å². The number of hydrogen-bond donors (Lipinski definition) is 3. The lowest BCUT2D eigenvalue weighted by atomic mass is 9.79. The Morgan fingerprint density at radius 1 is 1.38 bits per heavy atom. The van der Waals surface area contributed by atoms with Gasteiger partial charge in [-0.05, 0) is 19.3 Å². The molecule has 8 atom stereocenters. The van der Waals surface area contributed by atoms with E-state index in [1.54, 1.807) is 37.7 Å². The standard InChI is InChI=1S/C17H27N3O5S/c1-7-12-11(8(2)21)16(23)20(12)13(17(24)25)14(7)26-9-5-10(18-6-9)15(22)19(3)4/h7-14,18,21H,5-6H2,1-4H3,(H,24,25)/t7?,8-,9+,10+,11-,12-,13?,14?/m1/s1. The zero-order valence-electron chi connectivity index (χ0n) is 15.5. The summed E-state index contributed by atoms with van der Waals surface area (Å²) in [6.45, 7) is 4.19. The van der Waals surface area contributed by atoms with E-state index in [-0.39, 0.29) is 40.3 Å². The van der Waals surface area contributed by atoms with Crippen molar-refractivity contribution in [3.63, 3.8) is 0 Å². The SMILES string of the molecule is CC1C(S[C@@H]2CN[C@H](C(=O)N(C)C)C2)C(C(=O)O)N2C(=O)[C@H]([C@@H](C)O)[C@@H]12. The van der Waals surface area contributed by atoms with Crippen LogP contribution in [0.15, 0.2) is 0 Å². The van der Waals surface area contributed by atoms with Crippen LogP contribution in [0.4, 0.5) is 0 Å². The zero-order valence-corrected chi connectivity index (χ0v) is 16.3. The summed E-state index contributed by atoms with van der Waals surface area (Å²) in [7, 11) is 3.44. The molecular weight excluding hydrogens is 358 g/mol. The number of thioether (sulfide) groups is 1. The molecule has 0 aliphatic carbocycles. The number of amides is 2. The number of aliphatic carboxylic acids is 1. The van der Waals surface area contributed by atoms with Gasteiger partial charge in [-0.15, -0.1) is 0 Å². The van der Waals surface area contributed by atoms with E-state index < -0.39 is 24.0 Å². The molecule has 2 amide bonds.